The first-order valence-corrected chi connectivity index (χ1v) is 8.66. The van der Waals surface area contributed by atoms with E-state index in [1.165, 1.54) is 20.3 Å². The summed E-state index contributed by atoms with van der Waals surface area (Å²) < 4.78 is 36.8. The highest BCUT2D eigenvalue weighted by Gasteiger charge is 2.11. The normalized spacial score (nSPS) is 11.0. The molecule has 0 fully saturated rings. The van der Waals surface area contributed by atoms with Crippen LogP contribution in [0.2, 0.25) is 0 Å². The number of benzene rings is 1. The van der Waals surface area contributed by atoms with E-state index in [1.54, 1.807) is 12.1 Å². The number of ether oxygens (including phenoxy) is 3. The summed E-state index contributed by atoms with van der Waals surface area (Å²) in [4.78, 5) is 11.4. The van der Waals surface area contributed by atoms with Crippen molar-refractivity contribution in [3.05, 3.63) is 23.8 Å². The van der Waals surface area contributed by atoms with Gasteiger partial charge in [0.2, 0.25) is 9.05 Å². The van der Waals surface area contributed by atoms with E-state index in [-0.39, 0.29) is 5.75 Å². The summed E-state index contributed by atoms with van der Waals surface area (Å²) in [5.41, 5.74) is 0.356. The second-order valence-electron chi connectivity index (χ2n) is 4.16. The van der Waals surface area contributed by atoms with Gasteiger partial charge in [0, 0.05) is 10.7 Å². The van der Waals surface area contributed by atoms with Crippen LogP contribution >= 0.6 is 10.7 Å². The zero-order chi connectivity index (χ0) is 15.9. The van der Waals surface area contributed by atoms with Crippen LogP contribution in [0.25, 0.3) is 0 Å². The topological polar surface area (TPSA) is 78.9 Å². The minimum Gasteiger partial charge on any atom is -0.493 e. The van der Waals surface area contributed by atoms with Crippen LogP contribution in [0.15, 0.2) is 18.2 Å². The van der Waals surface area contributed by atoms with Gasteiger partial charge >= 0.3 is 5.97 Å². The van der Waals surface area contributed by atoms with E-state index in [9.17, 15) is 13.2 Å². The molecule has 21 heavy (non-hydrogen) atoms. The van der Waals surface area contributed by atoms with E-state index >= 15 is 0 Å². The Morgan fingerprint density at radius 3 is 2.48 bits per heavy atom. The first-order valence-electron chi connectivity index (χ1n) is 6.19. The zero-order valence-electron chi connectivity index (χ0n) is 11.8. The number of halogens is 1. The molecule has 1 aromatic carbocycles. The van der Waals surface area contributed by atoms with E-state index in [1.807, 2.05) is 0 Å². The summed E-state index contributed by atoms with van der Waals surface area (Å²) in [6.45, 7) is 0.320. The van der Waals surface area contributed by atoms with Crippen molar-refractivity contribution in [1.82, 2.24) is 0 Å². The molecule has 0 atom stereocenters. The number of hydrogen-bond acceptors (Lipinski definition) is 6. The van der Waals surface area contributed by atoms with Crippen molar-refractivity contribution in [3.63, 3.8) is 0 Å². The smallest absolute Gasteiger partial charge is 0.337 e. The van der Waals surface area contributed by atoms with E-state index in [2.05, 4.69) is 4.74 Å². The molecule has 0 spiro atoms. The van der Waals surface area contributed by atoms with Gasteiger partial charge in [-0.15, -0.1) is 0 Å². The van der Waals surface area contributed by atoms with Gasteiger partial charge in [0.1, 0.15) is 0 Å². The molecule has 0 aliphatic heterocycles. The molecule has 0 unspecified atom stereocenters. The number of esters is 1. The molecule has 0 heterocycles. The van der Waals surface area contributed by atoms with E-state index in [4.69, 9.17) is 20.2 Å². The molecule has 0 saturated carbocycles. The van der Waals surface area contributed by atoms with Crippen molar-refractivity contribution >= 4 is 25.7 Å². The Morgan fingerprint density at radius 1 is 1.19 bits per heavy atom. The van der Waals surface area contributed by atoms with Crippen LogP contribution in [0.5, 0.6) is 11.5 Å². The maximum absolute atomic E-state index is 11.4. The van der Waals surface area contributed by atoms with Crippen molar-refractivity contribution < 1.29 is 27.4 Å². The third-order valence-corrected chi connectivity index (χ3v) is 3.86. The average Bonchev–Trinajstić information content (AvgIpc) is 2.45. The first-order chi connectivity index (χ1) is 9.87. The molecule has 0 bridgehead atoms. The van der Waals surface area contributed by atoms with Crippen molar-refractivity contribution in [3.8, 4) is 11.5 Å². The van der Waals surface area contributed by atoms with Gasteiger partial charge in [-0.2, -0.15) is 0 Å². The third kappa shape index (κ3) is 6.22. The largest absolute Gasteiger partial charge is 0.493 e. The molecule has 0 saturated heterocycles. The Balaban J connectivity index is 2.57. The SMILES string of the molecule is COC(=O)c1ccc(OCCCCS(=O)(=O)Cl)c(OC)c1. The summed E-state index contributed by atoms with van der Waals surface area (Å²) >= 11 is 0. The molecule has 0 aromatic heterocycles. The predicted molar refractivity (Wildman–Crippen MR) is 78.7 cm³/mol. The van der Waals surface area contributed by atoms with Gasteiger partial charge in [-0.1, -0.05) is 0 Å². The lowest BCUT2D eigenvalue weighted by atomic mass is 10.2. The Bertz CT molecular complexity index is 584. The number of carbonyl (C=O) groups is 1. The molecule has 0 aliphatic rings. The monoisotopic (exact) mass is 336 g/mol. The molecule has 0 N–H and O–H groups in total. The average molecular weight is 337 g/mol. The van der Waals surface area contributed by atoms with Crippen LogP contribution < -0.4 is 9.47 Å². The van der Waals surface area contributed by atoms with Crippen molar-refractivity contribution in [2.45, 2.75) is 12.8 Å². The molecule has 1 rings (SSSR count). The highest BCUT2D eigenvalue weighted by atomic mass is 35.7. The van der Waals surface area contributed by atoms with Gasteiger partial charge in [-0.25, -0.2) is 13.2 Å². The molecular formula is C13H17ClO6S. The summed E-state index contributed by atoms with van der Waals surface area (Å²) in [7, 11) is 4.40. The van der Waals surface area contributed by atoms with Gasteiger partial charge < -0.3 is 14.2 Å². The summed E-state index contributed by atoms with van der Waals surface area (Å²) in [6.07, 6.45) is 0.947. The number of rotatable bonds is 8. The van der Waals surface area contributed by atoms with Crippen molar-refractivity contribution in [2.75, 3.05) is 26.6 Å². The van der Waals surface area contributed by atoms with Crippen LogP contribution in [0.1, 0.15) is 23.2 Å². The number of methoxy groups -OCH3 is 2. The van der Waals surface area contributed by atoms with Crippen molar-refractivity contribution in [2.24, 2.45) is 0 Å². The van der Waals surface area contributed by atoms with Gasteiger partial charge in [-0.3, -0.25) is 0 Å². The molecule has 8 heteroatoms. The highest BCUT2D eigenvalue weighted by molar-refractivity contribution is 8.13. The number of carbonyl (C=O) groups excluding carboxylic acids is 1. The lowest BCUT2D eigenvalue weighted by Crippen LogP contribution is -2.05. The second-order valence-corrected chi connectivity index (χ2v) is 7.05. The maximum Gasteiger partial charge on any atom is 0.337 e. The standard InChI is InChI=1S/C13H17ClO6S/c1-18-12-9-10(13(15)19-2)5-6-11(12)20-7-3-4-8-21(14,16)17/h5-6,9H,3-4,7-8H2,1-2H3. The lowest BCUT2D eigenvalue weighted by molar-refractivity contribution is 0.0600. The third-order valence-electron chi connectivity index (χ3n) is 2.62. The van der Waals surface area contributed by atoms with Gasteiger partial charge in [0.15, 0.2) is 11.5 Å². The molecule has 118 valence electrons. The van der Waals surface area contributed by atoms with Crippen LogP contribution in [0.3, 0.4) is 0 Å². The Morgan fingerprint density at radius 2 is 1.90 bits per heavy atom. The fraction of sp³-hybridized carbons (Fsp3) is 0.462. The Kier molecular flexibility index (Phi) is 6.77. The number of hydrogen-bond donors (Lipinski definition) is 0. The van der Waals surface area contributed by atoms with Gasteiger partial charge in [-0.05, 0) is 31.0 Å². The summed E-state index contributed by atoms with van der Waals surface area (Å²) in [5.74, 6) is 0.324. The summed E-state index contributed by atoms with van der Waals surface area (Å²) in [6, 6.07) is 4.68. The van der Waals surface area contributed by atoms with E-state index in [0.29, 0.717) is 36.5 Å². The summed E-state index contributed by atoms with van der Waals surface area (Å²) in [5, 5.41) is 0. The Labute approximate surface area is 128 Å². The molecule has 0 aliphatic carbocycles. The molecule has 0 amide bonds. The highest BCUT2D eigenvalue weighted by Crippen LogP contribution is 2.28. The van der Waals surface area contributed by atoms with Gasteiger partial charge in [0.05, 0.1) is 32.1 Å². The van der Waals surface area contributed by atoms with Crippen LogP contribution in [0.4, 0.5) is 0 Å². The first kappa shape index (κ1) is 17.6. The van der Waals surface area contributed by atoms with Gasteiger partial charge in [0.25, 0.3) is 0 Å². The van der Waals surface area contributed by atoms with Crippen LogP contribution in [0, 0.1) is 0 Å². The zero-order valence-corrected chi connectivity index (χ0v) is 13.4. The minimum atomic E-state index is -3.46. The molecule has 6 nitrogen and oxygen atoms in total. The fourth-order valence-electron chi connectivity index (χ4n) is 1.59. The number of unbranched alkanes of at least 4 members (excludes halogenated alkanes) is 1. The van der Waals surface area contributed by atoms with E-state index < -0.39 is 15.0 Å². The van der Waals surface area contributed by atoms with E-state index in [0.717, 1.165) is 0 Å². The quantitative estimate of drug-likeness (QED) is 0.411. The molecular weight excluding hydrogens is 320 g/mol. The lowest BCUT2D eigenvalue weighted by Gasteiger charge is -2.11. The minimum absolute atomic E-state index is 0.0870. The fourth-order valence-corrected chi connectivity index (χ4v) is 2.47. The van der Waals surface area contributed by atoms with Crippen LogP contribution in [-0.4, -0.2) is 41.0 Å². The second kappa shape index (κ2) is 8.09. The molecule has 0 radical (unpaired) electrons. The maximum atomic E-state index is 11.4. The van der Waals surface area contributed by atoms with Crippen molar-refractivity contribution in [1.29, 1.82) is 0 Å². The van der Waals surface area contributed by atoms with Crippen LogP contribution in [-0.2, 0) is 13.8 Å². The molecule has 1 aromatic rings. The predicted octanol–water partition coefficient (Wildman–Crippen LogP) is 2.21. The Hall–Kier alpha value is -1.47.